The van der Waals surface area contributed by atoms with Gasteiger partial charge in [-0.05, 0) is 62.1 Å². The number of methoxy groups -OCH3 is 2. The summed E-state index contributed by atoms with van der Waals surface area (Å²) >= 11 is 0. The fourth-order valence-corrected chi connectivity index (χ4v) is 2.82. The van der Waals surface area contributed by atoms with Gasteiger partial charge in [-0.15, -0.1) is 0 Å². The minimum absolute atomic E-state index is 0.896. The van der Waals surface area contributed by atoms with Gasteiger partial charge in [0.15, 0.2) is 0 Å². The molecule has 0 spiro atoms. The molecule has 0 amide bonds. The van der Waals surface area contributed by atoms with Crippen LogP contribution in [-0.2, 0) is 0 Å². The van der Waals surface area contributed by atoms with Gasteiger partial charge in [0.2, 0.25) is 0 Å². The maximum absolute atomic E-state index is 5.59. The Labute approximate surface area is 121 Å². The summed E-state index contributed by atoms with van der Waals surface area (Å²) in [5.41, 5.74) is 7.04. The molecule has 2 aromatic rings. The molecule has 0 unspecified atom stereocenters. The van der Waals surface area contributed by atoms with Crippen molar-refractivity contribution in [3.05, 3.63) is 46.5 Å². The van der Waals surface area contributed by atoms with E-state index in [9.17, 15) is 0 Å². The SMILES string of the molecule is COc1cc(C)cc(C)c1-c1c(C)cc(C)cc1OC. The lowest BCUT2D eigenvalue weighted by molar-refractivity contribution is 0.409. The van der Waals surface area contributed by atoms with Crippen LogP contribution in [0.1, 0.15) is 22.3 Å². The number of hydrogen-bond acceptors (Lipinski definition) is 2. The maximum atomic E-state index is 5.59. The van der Waals surface area contributed by atoms with E-state index in [0.29, 0.717) is 0 Å². The zero-order valence-corrected chi connectivity index (χ0v) is 13.1. The third-order valence-corrected chi connectivity index (χ3v) is 3.58. The lowest BCUT2D eigenvalue weighted by Crippen LogP contribution is -1.98. The average Bonchev–Trinajstić information content (AvgIpc) is 2.38. The van der Waals surface area contributed by atoms with Gasteiger partial charge < -0.3 is 9.47 Å². The molecule has 20 heavy (non-hydrogen) atoms. The van der Waals surface area contributed by atoms with Crippen LogP contribution in [0.4, 0.5) is 0 Å². The van der Waals surface area contributed by atoms with Gasteiger partial charge in [-0.3, -0.25) is 0 Å². The molecular weight excluding hydrogens is 248 g/mol. The summed E-state index contributed by atoms with van der Waals surface area (Å²) in [7, 11) is 3.43. The molecule has 0 aliphatic rings. The Morgan fingerprint density at radius 1 is 0.600 bits per heavy atom. The smallest absolute Gasteiger partial charge is 0.127 e. The number of ether oxygens (including phenoxy) is 2. The second kappa shape index (κ2) is 5.58. The molecular formula is C18H22O2. The molecule has 0 bridgehead atoms. The van der Waals surface area contributed by atoms with Gasteiger partial charge in [0.1, 0.15) is 11.5 Å². The fraction of sp³-hybridized carbons (Fsp3) is 0.333. The highest BCUT2D eigenvalue weighted by Crippen LogP contribution is 2.41. The molecule has 0 saturated heterocycles. The van der Waals surface area contributed by atoms with E-state index in [2.05, 4.69) is 52.0 Å². The van der Waals surface area contributed by atoms with Crippen LogP contribution in [0.3, 0.4) is 0 Å². The summed E-state index contributed by atoms with van der Waals surface area (Å²) in [4.78, 5) is 0. The summed E-state index contributed by atoms with van der Waals surface area (Å²) < 4.78 is 11.2. The fourth-order valence-electron chi connectivity index (χ4n) is 2.82. The van der Waals surface area contributed by atoms with Crippen molar-refractivity contribution in [3.8, 4) is 22.6 Å². The molecule has 0 aliphatic heterocycles. The van der Waals surface area contributed by atoms with Crippen molar-refractivity contribution in [1.82, 2.24) is 0 Å². The molecule has 0 radical (unpaired) electrons. The van der Waals surface area contributed by atoms with Crippen LogP contribution in [0, 0.1) is 27.7 Å². The Morgan fingerprint density at radius 3 is 1.25 bits per heavy atom. The van der Waals surface area contributed by atoms with E-state index >= 15 is 0 Å². The average molecular weight is 270 g/mol. The Hall–Kier alpha value is -1.96. The first-order valence-electron chi connectivity index (χ1n) is 6.78. The minimum atomic E-state index is 0.896. The van der Waals surface area contributed by atoms with Gasteiger partial charge in [0.05, 0.1) is 14.2 Å². The zero-order valence-electron chi connectivity index (χ0n) is 13.1. The Morgan fingerprint density at radius 2 is 0.950 bits per heavy atom. The van der Waals surface area contributed by atoms with E-state index in [4.69, 9.17) is 9.47 Å². The molecule has 0 saturated carbocycles. The molecule has 2 heteroatoms. The van der Waals surface area contributed by atoms with Gasteiger partial charge in [0.25, 0.3) is 0 Å². The van der Waals surface area contributed by atoms with E-state index in [0.717, 1.165) is 22.6 Å². The van der Waals surface area contributed by atoms with Crippen LogP contribution in [0.5, 0.6) is 11.5 Å². The van der Waals surface area contributed by atoms with Crippen molar-refractivity contribution in [1.29, 1.82) is 0 Å². The standard InChI is InChI=1S/C18H22O2/c1-11-7-13(3)17(15(9-11)19-5)18-14(4)8-12(2)10-16(18)20-6/h7-10H,1-6H3. The highest BCUT2D eigenvalue weighted by atomic mass is 16.5. The maximum Gasteiger partial charge on any atom is 0.127 e. The predicted octanol–water partition coefficient (Wildman–Crippen LogP) is 4.60. The largest absolute Gasteiger partial charge is 0.496 e. The van der Waals surface area contributed by atoms with Crippen molar-refractivity contribution in [2.24, 2.45) is 0 Å². The number of aryl methyl sites for hydroxylation is 4. The third-order valence-electron chi connectivity index (χ3n) is 3.58. The van der Waals surface area contributed by atoms with Crippen molar-refractivity contribution >= 4 is 0 Å². The van der Waals surface area contributed by atoms with Crippen molar-refractivity contribution in [2.45, 2.75) is 27.7 Å². The highest BCUT2D eigenvalue weighted by molar-refractivity contribution is 5.82. The number of hydrogen-bond donors (Lipinski definition) is 0. The van der Waals surface area contributed by atoms with E-state index < -0.39 is 0 Å². The van der Waals surface area contributed by atoms with E-state index in [1.54, 1.807) is 14.2 Å². The Bertz CT molecular complexity index is 585. The quantitative estimate of drug-likeness (QED) is 0.811. The second-order valence-electron chi connectivity index (χ2n) is 5.32. The van der Waals surface area contributed by atoms with Gasteiger partial charge in [-0.1, -0.05) is 12.1 Å². The monoisotopic (exact) mass is 270 g/mol. The Balaban J connectivity index is 2.81. The Kier molecular flexibility index (Phi) is 4.03. The normalized spacial score (nSPS) is 10.5. The summed E-state index contributed by atoms with van der Waals surface area (Å²) in [6.07, 6.45) is 0. The summed E-state index contributed by atoms with van der Waals surface area (Å²) in [6, 6.07) is 8.50. The van der Waals surface area contributed by atoms with Crippen molar-refractivity contribution in [3.63, 3.8) is 0 Å². The molecule has 0 heterocycles. The van der Waals surface area contributed by atoms with Gasteiger partial charge >= 0.3 is 0 Å². The molecule has 2 rings (SSSR count). The summed E-state index contributed by atoms with van der Waals surface area (Å²) in [5, 5.41) is 0. The van der Waals surface area contributed by atoms with Crippen LogP contribution < -0.4 is 9.47 Å². The first kappa shape index (κ1) is 14.4. The van der Waals surface area contributed by atoms with Crippen LogP contribution in [0.15, 0.2) is 24.3 Å². The van der Waals surface area contributed by atoms with Crippen LogP contribution in [0.2, 0.25) is 0 Å². The molecule has 2 aromatic carbocycles. The first-order chi connectivity index (χ1) is 9.47. The van der Waals surface area contributed by atoms with Crippen LogP contribution in [-0.4, -0.2) is 14.2 Å². The topological polar surface area (TPSA) is 18.5 Å². The summed E-state index contributed by atoms with van der Waals surface area (Å²) in [5.74, 6) is 1.79. The number of rotatable bonds is 3. The lowest BCUT2D eigenvalue weighted by atomic mass is 9.92. The second-order valence-corrected chi connectivity index (χ2v) is 5.32. The molecule has 0 N–H and O–H groups in total. The van der Waals surface area contributed by atoms with Gasteiger partial charge in [0, 0.05) is 11.1 Å². The third kappa shape index (κ3) is 2.51. The van der Waals surface area contributed by atoms with E-state index in [1.807, 2.05) is 0 Å². The lowest BCUT2D eigenvalue weighted by Gasteiger charge is -2.18. The molecule has 2 nitrogen and oxygen atoms in total. The molecule has 0 aromatic heterocycles. The molecule has 0 fully saturated rings. The van der Waals surface area contributed by atoms with Gasteiger partial charge in [-0.25, -0.2) is 0 Å². The van der Waals surface area contributed by atoms with Crippen LogP contribution >= 0.6 is 0 Å². The predicted molar refractivity (Wildman–Crippen MR) is 83.9 cm³/mol. The minimum Gasteiger partial charge on any atom is -0.496 e. The molecule has 0 atom stereocenters. The number of benzene rings is 2. The van der Waals surface area contributed by atoms with Gasteiger partial charge in [-0.2, -0.15) is 0 Å². The van der Waals surface area contributed by atoms with Crippen molar-refractivity contribution in [2.75, 3.05) is 14.2 Å². The molecule has 0 aliphatic carbocycles. The summed E-state index contributed by atoms with van der Waals surface area (Å²) in [6.45, 7) is 8.39. The van der Waals surface area contributed by atoms with E-state index in [1.165, 1.54) is 22.3 Å². The van der Waals surface area contributed by atoms with Crippen LogP contribution in [0.25, 0.3) is 11.1 Å². The first-order valence-corrected chi connectivity index (χ1v) is 6.78. The zero-order chi connectivity index (χ0) is 14.9. The highest BCUT2D eigenvalue weighted by Gasteiger charge is 2.17. The molecule has 106 valence electrons. The van der Waals surface area contributed by atoms with E-state index in [-0.39, 0.29) is 0 Å². The van der Waals surface area contributed by atoms with Crippen molar-refractivity contribution < 1.29 is 9.47 Å².